The molecule has 0 bridgehead atoms. The molecule has 1 aliphatic heterocycles. The van der Waals surface area contributed by atoms with Crippen LogP contribution in [0.2, 0.25) is 0 Å². The number of carbonyl (C=O) groups is 4. The number of piperidine rings is 1. The van der Waals surface area contributed by atoms with Gasteiger partial charge in [-0.1, -0.05) is 31.4 Å². The van der Waals surface area contributed by atoms with Crippen molar-refractivity contribution < 1.29 is 29.0 Å². The molecular weight excluding hydrogens is 412 g/mol. The summed E-state index contributed by atoms with van der Waals surface area (Å²) >= 11 is 0. The number of hydrogen-bond acceptors (Lipinski definition) is 5. The van der Waals surface area contributed by atoms with Crippen LogP contribution in [-0.2, 0) is 25.7 Å². The van der Waals surface area contributed by atoms with Crippen LogP contribution < -0.4 is 10.1 Å². The lowest BCUT2D eigenvalue weighted by molar-refractivity contribution is -0.162. The number of carboxylic acid groups (broad SMARTS) is 1. The maximum absolute atomic E-state index is 13.4. The quantitative estimate of drug-likeness (QED) is 0.598. The number of aliphatic carboxylic acids is 1. The van der Waals surface area contributed by atoms with Crippen LogP contribution in [0.5, 0.6) is 5.75 Å². The molecule has 172 valence electrons. The van der Waals surface area contributed by atoms with E-state index >= 15 is 0 Å². The molecule has 2 aliphatic carbocycles. The van der Waals surface area contributed by atoms with E-state index in [4.69, 9.17) is 9.84 Å². The van der Waals surface area contributed by atoms with Crippen molar-refractivity contribution in [3.63, 3.8) is 0 Å². The van der Waals surface area contributed by atoms with Crippen molar-refractivity contribution in [2.45, 2.75) is 63.5 Å². The molecule has 1 saturated heterocycles. The molecule has 1 aromatic rings. The SMILES string of the molecule is O=C(O)CNC(=O)C1C(=O)CC2(CCCCC2)N(Cc2ccc(OCC3CC3)cc2)C1=O. The Morgan fingerprint density at radius 1 is 1.09 bits per heavy atom. The minimum atomic E-state index is -1.48. The summed E-state index contributed by atoms with van der Waals surface area (Å²) in [4.78, 5) is 51.3. The van der Waals surface area contributed by atoms with Gasteiger partial charge in [-0.25, -0.2) is 0 Å². The maximum Gasteiger partial charge on any atom is 0.322 e. The zero-order valence-electron chi connectivity index (χ0n) is 18.2. The number of hydrogen-bond donors (Lipinski definition) is 2. The summed E-state index contributed by atoms with van der Waals surface area (Å²) in [5, 5.41) is 11.0. The molecule has 1 atom stereocenters. The standard InChI is InChI=1S/C24H30N2O6/c27-19-12-24(10-2-1-3-11-24)26(23(31)21(19)22(30)25-13-20(28)29)14-16-6-8-18(9-7-16)32-15-17-4-5-17/h6-9,17,21H,1-5,10-15H2,(H,25,30)(H,28,29). The molecular formula is C24H30N2O6. The normalized spacial score (nSPS) is 22.6. The molecule has 2 N–H and O–H groups in total. The molecule has 32 heavy (non-hydrogen) atoms. The average molecular weight is 443 g/mol. The summed E-state index contributed by atoms with van der Waals surface area (Å²) in [7, 11) is 0. The minimum absolute atomic E-state index is 0.131. The van der Waals surface area contributed by atoms with Crippen molar-refractivity contribution in [3.05, 3.63) is 29.8 Å². The molecule has 0 radical (unpaired) electrons. The number of amides is 2. The number of nitrogens with zero attached hydrogens (tertiary/aromatic N) is 1. The first-order chi connectivity index (χ1) is 15.4. The Labute approximate surface area is 187 Å². The van der Waals surface area contributed by atoms with E-state index in [2.05, 4.69) is 5.32 Å². The van der Waals surface area contributed by atoms with Crippen molar-refractivity contribution in [2.75, 3.05) is 13.2 Å². The van der Waals surface area contributed by atoms with Crippen molar-refractivity contribution in [3.8, 4) is 5.75 Å². The number of ketones is 1. The van der Waals surface area contributed by atoms with Gasteiger partial charge in [-0.05, 0) is 49.3 Å². The van der Waals surface area contributed by atoms with E-state index in [1.807, 2.05) is 24.3 Å². The molecule has 1 heterocycles. The van der Waals surface area contributed by atoms with E-state index in [-0.39, 0.29) is 6.42 Å². The van der Waals surface area contributed by atoms with Gasteiger partial charge in [0.1, 0.15) is 12.3 Å². The topological polar surface area (TPSA) is 113 Å². The van der Waals surface area contributed by atoms with E-state index in [0.717, 1.165) is 50.0 Å². The fourth-order valence-corrected chi connectivity index (χ4v) is 4.85. The number of carbonyl (C=O) groups excluding carboxylic acids is 3. The van der Waals surface area contributed by atoms with E-state index in [0.29, 0.717) is 12.5 Å². The van der Waals surface area contributed by atoms with Gasteiger partial charge in [-0.15, -0.1) is 0 Å². The maximum atomic E-state index is 13.4. The van der Waals surface area contributed by atoms with Gasteiger partial charge in [0.25, 0.3) is 0 Å². The highest BCUT2D eigenvalue weighted by atomic mass is 16.5. The van der Waals surface area contributed by atoms with Gasteiger partial charge in [0.15, 0.2) is 11.7 Å². The second-order valence-corrected chi connectivity index (χ2v) is 9.30. The highest BCUT2D eigenvalue weighted by Gasteiger charge is 2.52. The average Bonchev–Trinajstić information content (AvgIpc) is 3.60. The lowest BCUT2D eigenvalue weighted by Crippen LogP contribution is -2.63. The zero-order valence-corrected chi connectivity index (χ0v) is 18.2. The minimum Gasteiger partial charge on any atom is -0.493 e. The largest absolute Gasteiger partial charge is 0.493 e. The second-order valence-electron chi connectivity index (χ2n) is 9.30. The Hall–Kier alpha value is -2.90. The molecule has 4 rings (SSSR count). The van der Waals surface area contributed by atoms with Crippen molar-refractivity contribution in [1.29, 1.82) is 0 Å². The van der Waals surface area contributed by atoms with E-state index in [1.54, 1.807) is 4.90 Å². The van der Waals surface area contributed by atoms with Gasteiger partial charge in [0.2, 0.25) is 11.8 Å². The first kappa shape index (κ1) is 22.3. The first-order valence-corrected chi connectivity index (χ1v) is 11.4. The van der Waals surface area contributed by atoms with Crippen LogP contribution in [0.25, 0.3) is 0 Å². The van der Waals surface area contributed by atoms with Crippen LogP contribution in [0, 0.1) is 11.8 Å². The summed E-state index contributed by atoms with van der Waals surface area (Å²) in [6, 6.07) is 7.62. The number of ether oxygens (including phenoxy) is 1. The lowest BCUT2D eigenvalue weighted by Gasteiger charge is -2.50. The highest BCUT2D eigenvalue weighted by molar-refractivity contribution is 6.20. The lowest BCUT2D eigenvalue weighted by atomic mass is 9.71. The predicted molar refractivity (Wildman–Crippen MR) is 115 cm³/mol. The van der Waals surface area contributed by atoms with Crippen LogP contribution in [0.15, 0.2) is 24.3 Å². The number of likely N-dealkylation sites (tertiary alicyclic amines) is 1. The van der Waals surface area contributed by atoms with Gasteiger partial charge in [0, 0.05) is 13.0 Å². The third kappa shape index (κ3) is 4.95. The molecule has 0 aromatic heterocycles. The van der Waals surface area contributed by atoms with Gasteiger partial charge >= 0.3 is 5.97 Å². The van der Waals surface area contributed by atoms with Crippen LogP contribution in [0.3, 0.4) is 0 Å². The summed E-state index contributed by atoms with van der Waals surface area (Å²) in [6.07, 6.45) is 6.96. The Kier molecular flexibility index (Phi) is 6.48. The molecule has 1 spiro atoms. The van der Waals surface area contributed by atoms with E-state index in [9.17, 15) is 19.2 Å². The summed E-state index contributed by atoms with van der Waals surface area (Å²) in [5.74, 6) is -3.03. The van der Waals surface area contributed by atoms with Crippen LogP contribution >= 0.6 is 0 Å². The summed E-state index contributed by atoms with van der Waals surface area (Å²) < 4.78 is 5.79. The van der Waals surface area contributed by atoms with Crippen LogP contribution in [0.1, 0.15) is 56.9 Å². The smallest absolute Gasteiger partial charge is 0.322 e. The fraction of sp³-hybridized carbons (Fsp3) is 0.583. The monoisotopic (exact) mass is 442 g/mol. The van der Waals surface area contributed by atoms with Gasteiger partial charge in [-0.2, -0.15) is 0 Å². The van der Waals surface area contributed by atoms with Crippen LogP contribution in [0.4, 0.5) is 0 Å². The number of benzene rings is 1. The highest BCUT2D eigenvalue weighted by Crippen LogP contribution is 2.42. The molecule has 8 heteroatoms. The van der Waals surface area contributed by atoms with Crippen LogP contribution in [-0.4, -0.2) is 52.3 Å². The van der Waals surface area contributed by atoms with E-state index in [1.165, 1.54) is 12.8 Å². The number of nitrogens with one attached hydrogen (secondary N) is 1. The summed E-state index contributed by atoms with van der Waals surface area (Å²) in [5.41, 5.74) is 0.332. The first-order valence-electron chi connectivity index (χ1n) is 11.4. The Bertz CT molecular complexity index is 886. The third-order valence-electron chi connectivity index (χ3n) is 6.82. The molecule has 2 amide bonds. The molecule has 3 fully saturated rings. The molecule has 3 aliphatic rings. The molecule has 1 aromatic carbocycles. The van der Waals surface area contributed by atoms with Crippen molar-refractivity contribution in [1.82, 2.24) is 10.2 Å². The van der Waals surface area contributed by atoms with Gasteiger partial charge in [0.05, 0.1) is 12.1 Å². The Morgan fingerprint density at radius 3 is 2.41 bits per heavy atom. The molecule has 8 nitrogen and oxygen atoms in total. The zero-order chi connectivity index (χ0) is 22.7. The third-order valence-corrected chi connectivity index (χ3v) is 6.82. The predicted octanol–water partition coefficient (Wildman–Crippen LogP) is 2.30. The molecule has 1 unspecified atom stereocenters. The fourth-order valence-electron chi connectivity index (χ4n) is 4.85. The van der Waals surface area contributed by atoms with Gasteiger partial charge < -0.3 is 20.1 Å². The number of Topliss-reactive ketones (excluding diaryl/α,β-unsaturated/α-hetero) is 1. The van der Waals surface area contributed by atoms with Crippen molar-refractivity contribution in [2.24, 2.45) is 11.8 Å². The van der Waals surface area contributed by atoms with E-state index < -0.39 is 41.6 Å². The van der Waals surface area contributed by atoms with Gasteiger partial charge in [-0.3, -0.25) is 19.2 Å². The second kappa shape index (κ2) is 9.30. The number of carboxylic acids is 1. The summed E-state index contributed by atoms with van der Waals surface area (Å²) in [6.45, 7) is 0.406. The Morgan fingerprint density at radius 2 is 1.78 bits per heavy atom. The Balaban J connectivity index is 1.52. The number of rotatable bonds is 8. The molecule has 2 saturated carbocycles. The van der Waals surface area contributed by atoms with Crippen molar-refractivity contribution >= 4 is 23.6 Å².